The summed E-state index contributed by atoms with van der Waals surface area (Å²) in [6, 6.07) is 6.06. The van der Waals surface area contributed by atoms with Gasteiger partial charge in [-0.25, -0.2) is 0 Å². The summed E-state index contributed by atoms with van der Waals surface area (Å²) >= 11 is 0. The molecule has 0 spiro atoms. The van der Waals surface area contributed by atoms with Crippen LogP contribution < -0.4 is 10.5 Å². The molecule has 1 unspecified atom stereocenters. The van der Waals surface area contributed by atoms with Crippen molar-refractivity contribution >= 4 is 5.97 Å². The van der Waals surface area contributed by atoms with Crippen molar-refractivity contribution < 1.29 is 14.6 Å². The highest BCUT2D eigenvalue weighted by Gasteiger charge is 2.26. The lowest BCUT2D eigenvalue weighted by molar-refractivity contribution is -0.142. The molecule has 0 heterocycles. The van der Waals surface area contributed by atoms with Gasteiger partial charge >= 0.3 is 5.97 Å². The van der Waals surface area contributed by atoms with E-state index in [1.54, 1.807) is 6.92 Å². The lowest BCUT2D eigenvalue weighted by Gasteiger charge is -2.18. The zero-order valence-electron chi connectivity index (χ0n) is 11.9. The van der Waals surface area contributed by atoms with Crippen molar-refractivity contribution in [3.63, 3.8) is 0 Å². The van der Waals surface area contributed by atoms with Crippen LogP contribution in [0.25, 0.3) is 0 Å². The molecule has 3 N–H and O–H groups in total. The lowest BCUT2D eigenvalue weighted by atomic mass is 9.97. The lowest BCUT2D eigenvalue weighted by Crippen LogP contribution is -2.44. The SMILES string of the molecule is Cc1ccc(OCCCCC(C)(N)C(=O)O)c(C)c1. The summed E-state index contributed by atoms with van der Waals surface area (Å²) in [7, 11) is 0. The summed E-state index contributed by atoms with van der Waals surface area (Å²) in [5.74, 6) is -0.0675. The maximum atomic E-state index is 10.8. The van der Waals surface area contributed by atoms with Gasteiger partial charge in [0.05, 0.1) is 6.61 Å². The van der Waals surface area contributed by atoms with Gasteiger partial charge in [-0.3, -0.25) is 4.79 Å². The van der Waals surface area contributed by atoms with Crippen LogP contribution in [0.3, 0.4) is 0 Å². The topological polar surface area (TPSA) is 72.5 Å². The summed E-state index contributed by atoms with van der Waals surface area (Å²) < 4.78 is 5.68. The summed E-state index contributed by atoms with van der Waals surface area (Å²) in [4.78, 5) is 10.8. The molecule has 0 aliphatic heterocycles. The number of benzene rings is 1. The Morgan fingerprint density at radius 2 is 2.05 bits per heavy atom. The molecule has 4 heteroatoms. The minimum atomic E-state index is -1.14. The van der Waals surface area contributed by atoms with Crippen LogP contribution in [-0.4, -0.2) is 23.2 Å². The summed E-state index contributed by atoms with van der Waals surface area (Å²) in [6.45, 7) is 6.19. The van der Waals surface area contributed by atoms with E-state index in [0.29, 0.717) is 13.0 Å². The van der Waals surface area contributed by atoms with Gasteiger partial charge in [0.25, 0.3) is 0 Å². The van der Waals surface area contributed by atoms with Crippen LogP contribution in [0.15, 0.2) is 18.2 Å². The van der Waals surface area contributed by atoms with Crippen molar-refractivity contribution in [2.75, 3.05) is 6.61 Å². The molecule has 0 aromatic heterocycles. The summed E-state index contributed by atoms with van der Waals surface area (Å²) in [5, 5.41) is 8.88. The van der Waals surface area contributed by atoms with Gasteiger partial charge in [0.1, 0.15) is 11.3 Å². The molecule has 0 amide bonds. The molecule has 0 aliphatic rings. The predicted molar refractivity (Wildman–Crippen MR) is 75.5 cm³/mol. The highest BCUT2D eigenvalue weighted by atomic mass is 16.5. The van der Waals surface area contributed by atoms with Gasteiger partial charge in [0.15, 0.2) is 0 Å². The van der Waals surface area contributed by atoms with Gasteiger partial charge in [-0.1, -0.05) is 17.7 Å². The second-order valence-corrected chi connectivity index (χ2v) is 5.30. The largest absolute Gasteiger partial charge is 0.493 e. The average Bonchev–Trinajstić information content (AvgIpc) is 2.31. The molecule has 0 bridgehead atoms. The van der Waals surface area contributed by atoms with E-state index >= 15 is 0 Å². The normalized spacial score (nSPS) is 13.9. The Kier molecular flexibility index (Phi) is 5.36. The van der Waals surface area contributed by atoms with E-state index in [4.69, 9.17) is 15.6 Å². The second kappa shape index (κ2) is 6.57. The van der Waals surface area contributed by atoms with E-state index in [9.17, 15) is 4.79 Å². The van der Waals surface area contributed by atoms with Crippen LogP contribution in [0.5, 0.6) is 5.75 Å². The molecule has 0 fully saturated rings. The molecule has 0 saturated heterocycles. The Bertz CT molecular complexity index is 441. The van der Waals surface area contributed by atoms with Crippen molar-refractivity contribution in [2.24, 2.45) is 5.73 Å². The second-order valence-electron chi connectivity index (χ2n) is 5.30. The maximum Gasteiger partial charge on any atom is 0.323 e. The number of aliphatic carboxylic acids is 1. The number of hydrogen-bond donors (Lipinski definition) is 2. The molecule has 0 aliphatic carbocycles. The molecular weight excluding hydrogens is 242 g/mol. The molecule has 0 radical (unpaired) electrons. The minimum absolute atomic E-state index is 0.457. The maximum absolute atomic E-state index is 10.8. The van der Waals surface area contributed by atoms with Gasteiger partial charge in [0, 0.05) is 0 Å². The van der Waals surface area contributed by atoms with Gasteiger partial charge in [0.2, 0.25) is 0 Å². The van der Waals surface area contributed by atoms with Crippen molar-refractivity contribution in [1.82, 2.24) is 0 Å². The number of nitrogens with two attached hydrogens (primary N) is 1. The van der Waals surface area contributed by atoms with Crippen LogP contribution in [0, 0.1) is 13.8 Å². The summed E-state index contributed by atoms with van der Waals surface area (Å²) in [6.07, 6.45) is 2.00. The Balaban J connectivity index is 2.30. The first kappa shape index (κ1) is 15.5. The number of ether oxygens (including phenoxy) is 1. The molecule has 4 nitrogen and oxygen atoms in total. The first-order valence-corrected chi connectivity index (χ1v) is 6.55. The van der Waals surface area contributed by atoms with Gasteiger partial charge in [-0.05, 0) is 51.7 Å². The fourth-order valence-electron chi connectivity index (χ4n) is 1.84. The first-order chi connectivity index (χ1) is 8.83. The first-order valence-electron chi connectivity index (χ1n) is 6.55. The number of carbonyl (C=O) groups is 1. The Hall–Kier alpha value is -1.55. The molecular formula is C15H23NO3. The van der Waals surface area contributed by atoms with E-state index in [0.717, 1.165) is 24.2 Å². The molecule has 1 aromatic carbocycles. The van der Waals surface area contributed by atoms with Crippen LogP contribution in [0.1, 0.15) is 37.3 Å². The Morgan fingerprint density at radius 3 is 2.63 bits per heavy atom. The quantitative estimate of drug-likeness (QED) is 0.743. The third kappa shape index (κ3) is 4.91. The van der Waals surface area contributed by atoms with Crippen molar-refractivity contribution in [3.05, 3.63) is 29.3 Å². The van der Waals surface area contributed by atoms with Crippen molar-refractivity contribution in [2.45, 2.75) is 45.6 Å². The van der Waals surface area contributed by atoms with Gasteiger partial charge < -0.3 is 15.6 Å². The van der Waals surface area contributed by atoms with Crippen LogP contribution in [0.2, 0.25) is 0 Å². The smallest absolute Gasteiger partial charge is 0.323 e. The van der Waals surface area contributed by atoms with Crippen LogP contribution in [0.4, 0.5) is 0 Å². The third-order valence-electron chi connectivity index (χ3n) is 3.17. The fourth-order valence-corrected chi connectivity index (χ4v) is 1.84. The summed E-state index contributed by atoms with van der Waals surface area (Å²) in [5.41, 5.74) is 6.85. The molecule has 1 aromatic rings. The number of rotatable bonds is 7. The number of aryl methyl sites for hydroxylation is 2. The predicted octanol–water partition coefficient (Wildman–Crippen LogP) is 2.65. The van der Waals surface area contributed by atoms with Gasteiger partial charge in [-0.15, -0.1) is 0 Å². The van der Waals surface area contributed by atoms with E-state index in [1.165, 1.54) is 5.56 Å². The minimum Gasteiger partial charge on any atom is -0.493 e. The molecule has 106 valence electrons. The third-order valence-corrected chi connectivity index (χ3v) is 3.17. The average molecular weight is 265 g/mol. The molecule has 0 saturated carbocycles. The zero-order valence-corrected chi connectivity index (χ0v) is 11.9. The Morgan fingerprint density at radius 1 is 1.37 bits per heavy atom. The number of carboxylic acid groups (broad SMARTS) is 1. The highest BCUT2D eigenvalue weighted by Crippen LogP contribution is 2.19. The standard InChI is InChI=1S/C15H23NO3/c1-11-6-7-13(12(2)10-11)19-9-5-4-8-15(3,16)14(17)18/h6-7,10H,4-5,8-9,16H2,1-3H3,(H,17,18). The number of carboxylic acids is 1. The number of unbranched alkanes of at least 4 members (excludes halogenated alkanes) is 1. The zero-order chi connectivity index (χ0) is 14.5. The molecule has 1 atom stereocenters. The highest BCUT2D eigenvalue weighted by molar-refractivity contribution is 5.77. The van der Waals surface area contributed by atoms with Crippen molar-refractivity contribution in [1.29, 1.82) is 0 Å². The van der Waals surface area contributed by atoms with Crippen LogP contribution in [-0.2, 0) is 4.79 Å². The van der Waals surface area contributed by atoms with E-state index in [2.05, 4.69) is 6.07 Å². The van der Waals surface area contributed by atoms with Gasteiger partial charge in [-0.2, -0.15) is 0 Å². The monoisotopic (exact) mass is 265 g/mol. The number of hydrogen-bond acceptors (Lipinski definition) is 3. The van der Waals surface area contributed by atoms with E-state index in [1.807, 2.05) is 26.0 Å². The van der Waals surface area contributed by atoms with E-state index in [-0.39, 0.29) is 0 Å². The van der Waals surface area contributed by atoms with Crippen molar-refractivity contribution in [3.8, 4) is 5.75 Å². The molecule has 1 rings (SSSR count). The fraction of sp³-hybridized carbons (Fsp3) is 0.533. The Labute approximate surface area is 114 Å². The van der Waals surface area contributed by atoms with E-state index < -0.39 is 11.5 Å². The van der Waals surface area contributed by atoms with Crippen LogP contribution >= 0.6 is 0 Å². The molecule has 19 heavy (non-hydrogen) atoms.